The molecule has 0 N–H and O–H groups in total. The normalized spacial score (nSPS) is 11.9. The number of nitro benzene ring substituents is 1. The number of halogens is 2. The van der Waals surface area contributed by atoms with Crippen LogP contribution in [0, 0.1) is 10.1 Å². The van der Waals surface area contributed by atoms with Gasteiger partial charge >= 0.3 is 0 Å². The number of nitro groups is 1. The Bertz CT molecular complexity index is 1080. The van der Waals surface area contributed by atoms with E-state index in [2.05, 4.69) is 4.98 Å². The van der Waals surface area contributed by atoms with Crippen molar-refractivity contribution in [2.45, 2.75) is 25.8 Å². The number of aryl methyl sites for hydroxylation is 1. The summed E-state index contributed by atoms with van der Waals surface area (Å²) in [5.41, 5.74) is 1.35. The summed E-state index contributed by atoms with van der Waals surface area (Å²) in [6.45, 7) is 1.82. The van der Waals surface area contributed by atoms with E-state index in [1.165, 1.54) is 12.1 Å². The number of rotatable bonds is 7. The van der Waals surface area contributed by atoms with E-state index in [-0.39, 0.29) is 24.1 Å². The zero-order chi connectivity index (χ0) is 21.8. The number of aromatic nitrogens is 1. The maximum Gasteiger partial charge on any atom is 0.269 e. The minimum atomic E-state index is -0.453. The van der Waals surface area contributed by atoms with E-state index < -0.39 is 4.92 Å². The highest BCUT2D eigenvalue weighted by Gasteiger charge is 2.20. The largest absolute Gasteiger partial charge is 0.441 e. The van der Waals surface area contributed by atoms with E-state index in [1.807, 2.05) is 6.92 Å². The Hall–Kier alpha value is -2.90. The van der Waals surface area contributed by atoms with Crippen LogP contribution in [-0.4, -0.2) is 27.8 Å². The number of amides is 1. The highest BCUT2D eigenvalue weighted by Crippen LogP contribution is 2.31. The molecule has 0 aliphatic carbocycles. The fraction of sp³-hybridized carbons (Fsp3) is 0.238. The Morgan fingerprint density at radius 3 is 2.73 bits per heavy atom. The Kier molecular flexibility index (Phi) is 6.74. The van der Waals surface area contributed by atoms with Gasteiger partial charge in [-0.15, -0.1) is 0 Å². The molecule has 1 amide bonds. The molecule has 3 aromatic rings. The van der Waals surface area contributed by atoms with Gasteiger partial charge in [-0.3, -0.25) is 14.9 Å². The number of nitrogens with zero attached hydrogens (tertiary/aromatic N) is 3. The lowest BCUT2D eigenvalue weighted by Gasteiger charge is -2.25. The second kappa shape index (κ2) is 9.28. The third-order valence-electron chi connectivity index (χ3n) is 4.84. The fourth-order valence-corrected chi connectivity index (χ4v) is 3.47. The summed E-state index contributed by atoms with van der Waals surface area (Å²) in [7, 11) is 1.67. The van der Waals surface area contributed by atoms with Gasteiger partial charge in [0.05, 0.1) is 22.2 Å². The zero-order valence-corrected chi connectivity index (χ0v) is 17.9. The van der Waals surface area contributed by atoms with Gasteiger partial charge in [0.15, 0.2) is 11.7 Å². The van der Waals surface area contributed by atoms with Crippen LogP contribution in [0.1, 0.15) is 30.8 Å². The van der Waals surface area contributed by atoms with Gasteiger partial charge < -0.3 is 9.32 Å². The summed E-state index contributed by atoms with van der Waals surface area (Å²) in [6.07, 6.45) is 2.06. The molecule has 0 fully saturated rings. The van der Waals surface area contributed by atoms with Crippen molar-refractivity contribution >= 4 is 34.8 Å². The van der Waals surface area contributed by atoms with Crippen LogP contribution in [0.25, 0.3) is 11.3 Å². The van der Waals surface area contributed by atoms with Gasteiger partial charge in [0.2, 0.25) is 5.91 Å². The molecule has 0 unspecified atom stereocenters. The van der Waals surface area contributed by atoms with Crippen LogP contribution in [0.2, 0.25) is 10.0 Å². The molecular weight excluding hydrogens is 429 g/mol. The molecule has 0 aliphatic rings. The molecule has 1 atom stereocenters. The smallest absolute Gasteiger partial charge is 0.269 e. The molecular formula is C21H19Cl2N3O4. The Labute approximate surface area is 183 Å². The Balaban J connectivity index is 1.63. The monoisotopic (exact) mass is 447 g/mol. The molecule has 7 nitrogen and oxygen atoms in total. The summed E-state index contributed by atoms with van der Waals surface area (Å²) in [5.74, 6) is 0.788. The van der Waals surface area contributed by atoms with Gasteiger partial charge in [-0.1, -0.05) is 35.3 Å². The summed E-state index contributed by atoms with van der Waals surface area (Å²) in [4.78, 5) is 28.9. The number of oxazole rings is 1. The molecule has 0 spiro atoms. The summed E-state index contributed by atoms with van der Waals surface area (Å²) in [6, 6.07) is 11.0. The predicted molar refractivity (Wildman–Crippen MR) is 115 cm³/mol. The second-order valence-corrected chi connectivity index (χ2v) is 7.62. The zero-order valence-electron chi connectivity index (χ0n) is 16.3. The van der Waals surface area contributed by atoms with Crippen molar-refractivity contribution in [3.8, 4) is 11.3 Å². The molecule has 9 heteroatoms. The lowest BCUT2D eigenvalue weighted by atomic mass is 10.1. The third-order valence-corrected chi connectivity index (χ3v) is 5.39. The number of hydrogen-bond acceptors (Lipinski definition) is 5. The van der Waals surface area contributed by atoms with Gasteiger partial charge in [-0.2, -0.15) is 0 Å². The van der Waals surface area contributed by atoms with Crippen molar-refractivity contribution in [3.63, 3.8) is 0 Å². The first kappa shape index (κ1) is 21.8. The van der Waals surface area contributed by atoms with Crippen LogP contribution in [-0.2, 0) is 11.2 Å². The van der Waals surface area contributed by atoms with Gasteiger partial charge in [-0.05, 0) is 30.7 Å². The highest BCUT2D eigenvalue weighted by atomic mass is 35.5. The van der Waals surface area contributed by atoms with Crippen molar-refractivity contribution in [3.05, 3.63) is 80.3 Å². The van der Waals surface area contributed by atoms with E-state index in [1.54, 1.807) is 48.5 Å². The van der Waals surface area contributed by atoms with Crippen molar-refractivity contribution in [1.29, 1.82) is 0 Å². The minimum Gasteiger partial charge on any atom is -0.441 e. The van der Waals surface area contributed by atoms with Gasteiger partial charge in [0, 0.05) is 42.6 Å². The quantitative estimate of drug-likeness (QED) is 0.341. The van der Waals surface area contributed by atoms with Crippen LogP contribution in [0.5, 0.6) is 0 Å². The van der Waals surface area contributed by atoms with Crippen LogP contribution in [0.4, 0.5) is 5.69 Å². The molecule has 1 aromatic heterocycles. The van der Waals surface area contributed by atoms with Crippen molar-refractivity contribution in [1.82, 2.24) is 9.88 Å². The lowest BCUT2D eigenvalue weighted by molar-refractivity contribution is -0.384. The first-order valence-electron chi connectivity index (χ1n) is 9.16. The van der Waals surface area contributed by atoms with Gasteiger partial charge in [0.1, 0.15) is 0 Å². The summed E-state index contributed by atoms with van der Waals surface area (Å²) in [5, 5.41) is 11.9. The fourth-order valence-electron chi connectivity index (χ4n) is 2.97. The highest BCUT2D eigenvalue weighted by molar-refractivity contribution is 6.36. The van der Waals surface area contributed by atoms with Crippen LogP contribution in [0.15, 0.2) is 53.1 Å². The number of non-ortho nitro benzene ring substituents is 1. The first-order chi connectivity index (χ1) is 14.3. The number of benzene rings is 2. The summed E-state index contributed by atoms with van der Waals surface area (Å²) >= 11 is 12.1. The number of carbonyl (C=O) groups excluding carboxylic acids is 1. The van der Waals surface area contributed by atoms with E-state index >= 15 is 0 Å². The molecule has 0 radical (unpaired) electrons. The van der Waals surface area contributed by atoms with Gasteiger partial charge in [-0.25, -0.2) is 4.98 Å². The molecule has 0 aliphatic heterocycles. The maximum atomic E-state index is 12.6. The number of hydrogen-bond donors (Lipinski definition) is 0. The Morgan fingerprint density at radius 1 is 1.27 bits per heavy atom. The SMILES string of the molecule is C[C@@H](c1cccc([N+](=O)[O-])c1)N(C)C(=O)CCc1ncc(-c2ccc(Cl)cc2Cl)o1. The average molecular weight is 448 g/mol. The first-order valence-corrected chi connectivity index (χ1v) is 9.92. The lowest BCUT2D eigenvalue weighted by Crippen LogP contribution is -2.29. The van der Waals surface area contributed by atoms with Crippen molar-refractivity contribution < 1.29 is 14.1 Å². The molecule has 156 valence electrons. The molecule has 2 aromatic carbocycles. The predicted octanol–water partition coefficient (Wildman–Crippen LogP) is 5.71. The van der Waals surface area contributed by atoms with E-state index in [0.29, 0.717) is 39.2 Å². The van der Waals surface area contributed by atoms with Crippen LogP contribution in [0.3, 0.4) is 0 Å². The number of carbonyl (C=O) groups is 1. The Morgan fingerprint density at radius 2 is 2.03 bits per heavy atom. The van der Waals surface area contributed by atoms with E-state index in [4.69, 9.17) is 27.6 Å². The van der Waals surface area contributed by atoms with E-state index in [0.717, 1.165) is 0 Å². The summed E-state index contributed by atoms with van der Waals surface area (Å²) < 4.78 is 5.72. The van der Waals surface area contributed by atoms with E-state index in [9.17, 15) is 14.9 Å². The molecule has 3 rings (SSSR count). The third kappa shape index (κ3) is 4.98. The molecule has 0 saturated carbocycles. The topological polar surface area (TPSA) is 89.5 Å². The average Bonchev–Trinajstić information content (AvgIpc) is 3.19. The molecule has 30 heavy (non-hydrogen) atoms. The maximum absolute atomic E-state index is 12.6. The molecule has 0 saturated heterocycles. The standard InChI is InChI=1S/C21H19Cl2N3O4/c1-13(14-4-3-5-16(10-14)26(28)29)25(2)21(27)9-8-20-24-12-19(30-20)17-7-6-15(22)11-18(17)23/h3-7,10-13H,8-9H2,1-2H3/t13-/m0/s1. The molecule has 0 bridgehead atoms. The van der Waals surface area contributed by atoms with Crippen molar-refractivity contribution in [2.24, 2.45) is 0 Å². The minimum absolute atomic E-state index is 0.00613. The van der Waals surface area contributed by atoms with Crippen LogP contribution >= 0.6 is 23.2 Å². The van der Waals surface area contributed by atoms with Gasteiger partial charge in [0.25, 0.3) is 5.69 Å². The van der Waals surface area contributed by atoms with Crippen LogP contribution < -0.4 is 0 Å². The second-order valence-electron chi connectivity index (χ2n) is 6.78. The molecule has 1 heterocycles. The van der Waals surface area contributed by atoms with Crippen molar-refractivity contribution in [2.75, 3.05) is 7.05 Å².